The Balaban J connectivity index is 2.89. The first-order valence-electron chi connectivity index (χ1n) is 3.36. The molecule has 0 radical (unpaired) electrons. The zero-order valence-corrected chi connectivity index (χ0v) is 7.21. The lowest BCUT2D eigenvalue weighted by Gasteiger charge is -2.04. The van der Waals surface area contributed by atoms with Crippen molar-refractivity contribution in [1.29, 1.82) is 0 Å². The largest absolute Gasteiger partial charge is 0.287 e. The maximum atomic E-state index is 12.5. The number of halogens is 2. The van der Waals surface area contributed by atoms with Crippen molar-refractivity contribution in [3.8, 4) is 0 Å². The van der Waals surface area contributed by atoms with Gasteiger partial charge in [-0.25, -0.2) is 4.98 Å². The monoisotopic (exact) mass is 177 g/mol. The van der Waals surface area contributed by atoms with Crippen molar-refractivity contribution in [2.24, 2.45) is 0 Å². The van der Waals surface area contributed by atoms with Crippen LogP contribution in [-0.2, 0) is 12.3 Å². The molecule has 0 saturated carbocycles. The molecule has 0 atom stereocenters. The van der Waals surface area contributed by atoms with Gasteiger partial charge in [-0.05, 0) is 6.42 Å². The average molecular weight is 177 g/mol. The summed E-state index contributed by atoms with van der Waals surface area (Å²) in [4.78, 5) is 3.77. The Bertz CT molecular complexity index is 239. The molecule has 0 unspecified atom stereocenters. The Morgan fingerprint density at radius 2 is 2.27 bits per heavy atom. The van der Waals surface area contributed by atoms with E-state index in [4.69, 9.17) is 0 Å². The van der Waals surface area contributed by atoms with E-state index in [9.17, 15) is 8.78 Å². The van der Waals surface area contributed by atoms with E-state index in [2.05, 4.69) is 4.98 Å². The third kappa shape index (κ3) is 1.96. The SMILES string of the molecule is CCc1nc(C(C)(F)F)cs1. The molecule has 0 saturated heterocycles. The zero-order chi connectivity index (χ0) is 8.48. The summed E-state index contributed by atoms with van der Waals surface area (Å²) in [5.74, 6) is -2.79. The van der Waals surface area contributed by atoms with E-state index in [1.165, 1.54) is 16.7 Å². The summed E-state index contributed by atoms with van der Waals surface area (Å²) in [5, 5.41) is 2.18. The van der Waals surface area contributed by atoms with E-state index in [-0.39, 0.29) is 5.69 Å². The van der Waals surface area contributed by atoms with Gasteiger partial charge in [-0.15, -0.1) is 11.3 Å². The molecule has 0 N–H and O–H groups in total. The van der Waals surface area contributed by atoms with Crippen LogP contribution in [0.3, 0.4) is 0 Å². The molecule has 1 aromatic rings. The summed E-state index contributed by atoms with van der Waals surface area (Å²) in [5.41, 5.74) is -0.112. The second-order valence-electron chi connectivity index (χ2n) is 2.37. The molecule has 1 aromatic heterocycles. The highest BCUT2D eigenvalue weighted by molar-refractivity contribution is 7.09. The third-order valence-corrected chi connectivity index (χ3v) is 2.30. The molecule has 0 aliphatic heterocycles. The van der Waals surface area contributed by atoms with Gasteiger partial charge in [0.15, 0.2) is 0 Å². The van der Waals surface area contributed by atoms with E-state index in [1.807, 2.05) is 6.92 Å². The van der Waals surface area contributed by atoms with Crippen molar-refractivity contribution in [3.63, 3.8) is 0 Å². The molecule has 0 aromatic carbocycles. The lowest BCUT2D eigenvalue weighted by atomic mass is 10.3. The van der Waals surface area contributed by atoms with Crippen LogP contribution in [-0.4, -0.2) is 4.98 Å². The van der Waals surface area contributed by atoms with E-state index >= 15 is 0 Å². The summed E-state index contributed by atoms with van der Waals surface area (Å²) < 4.78 is 25.1. The maximum absolute atomic E-state index is 12.5. The molecule has 0 fully saturated rings. The van der Waals surface area contributed by atoms with E-state index in [0.717, 1.165) is 18.4 Å². The van der Waals surface area contributed by atoms with Crippen LogP contribution in [0.25, 0.3) is 0 Å². The van der Waals surface area contributed by atoms with Crippen molar-refractivity contribution in [3.05, 3.63) is 16.1 Å². The number of nitrogens with zero attached hydrogens (tertiary/aromatic N) is 1. The van der Waals surface area contributed by atoms with E-state index in [0.29, 0.717) is 0 Å². The van der Waals surface area contributed by atoms with Gasteiger partial charge in [0.05, 0.1) is 5.01 Å². The standard InChI is InChI=1S/C7H9F2NS/c1-3-6-10-5(4-11-6)7(2,8)9/h4H,3H2,1-2H3. The van der Waals surface area contributed by atoms with Crippen molar-refractivity contribution < 1.29 is 8.78 Å². The van der Waals surface area contributed by atoms with Crippen molar-refractivity contribution >= 4 is 11.3 Å². The van der Waals surface area contributed by atoms with Gasteiger partial charge >= 0.3 is 0 Å². The van der Waals surface area contributed by atoms with Crippen molar-refractivity contribution in [2.45, 2.75) is 26.2 Å². The first kappa shape index (κ1) is 8.59. The number of thiazole rings is 1. The molecule has 0 spiro atoms. The van der Waals surface area contributed by atoms with Gasteiger partial charge in [-0.1, -0.05) is 6.92 Å². The van der Waals surface area contributed by atoms with Crippen LogP contribution < -0.4 is 0 Å². The molecule has 1 heterocycles. The summed E-state index contributed by atoms with van der Waals surface area (Å²) >= 11 is 1.29. The molecule has 0 amide bonds. The number of alkyl halides is 2. The quantitative estimate of drug-likeness (QED) is 0.676. The second-order valence-corrected chi connectivity index (χ2v) is 3.31. The molecule has 0 aliphatic carbocycles. The van der Waals surface area contributed by atoms with Gasteiger partial charge in [0.1, 0.15) is 5.69 Å². The smallest absolute Gasteiger partial charge is 0.240 e. The highest BCUT2D eigenvalue weighted by Gasteiger charge is 2.27. The van der Waals surface area contributed by atoms with Gasteiger partial charge < -0.3 is 0 Å². The minimum atomic E-state index is -2.79. The fourth-order valence-corrected chi connectivity index (χ4v) is 1.50. The second kappa shape index (κ2) is 2.85. The van der Waals surface area contributed by atoms with Crippen LogP contribution >= 0.6 is 11.3 Å². The molecule has 1 nitrogen and oxygen atoms in total. The first-order valence-corrected chi connectivity index (χ1v) is 4.24. The minimum Gasteiger partial charge on any atom is -0.240 e. The molecular formula is C7H9F2NS. The number of hydrogen-bond acceptors (Lipinski definition) is 2. The zero-order valence-electron chi connectivity index (χ0n) is 6.40. The topological polar surface area (TPSA) is 12.9 Å². The maximum Gasteiger partial charge on any atom is 0.287 e. The fraction of sp³-hybridized carbons (Fsp3) is 0.571. The lowest BCUT2D eigenvalue weighted by molar-refractivity contribution is 0.0133. The molecule has 62 valence electrons. The highest BCUT2D eigenvalue weighted by Crippen LogP contribution is 2.27. The summed E-state index contributed by atoms with van der Waals surface area (Å²) in [6.07, 6.45) is 0.723. The fourth-order valence-electron chi connectivity index (χ4n) is 0.675. The number of rotatable bonds is 2. The Labute approximate surface area is 68.1 Å². The predicted octanol–water partition coefficient (Wildman–Crippen LogP) is 2.82. The van der Waals surface area contributed by atoms with Crippen LogP contribution in [0.5, 0.6) is 0 Å². The Hall–Kier alpha value is -0.510. The highest BCUT2D eigenvalue weighted by atomic mass is 32.1. The number of aryl methyl sites for hydroxylation is 1. The molecule has 11 heavy (non-hydrogen) atoms. The van der Waals surface area contributed by atoms with Crippen molar-refractivity contribution in [2.75, 3.05) is 0 Å². The number of aromatic nitrogens is 1. The van der Waals surface area contributed by atoms with Gasteiger partial charge in [0, 0.05) is 12.3 Å². The summed E-state index contributed by atoms with van der Waals surface area (Å²) in [7, 11) is 0. The Morgan fingerprint density at radius 3 is 2.55 bits per heavy atom. The van der Waals surface area contributed by atoms with Crippen LogP contribution in [0.4, 0.5) is 8.78 Å². The Morgan fingerprint density at radius 1 is 1.64 bits per heavy atom. The van der Waals surface area contributed by atoms with Gasteiger partial charge in [-0.3, -0.25) is 0 Å². The molecule has 0 aliphatic rings. The van der Waals surface area contributed by atoms with Crippen molar-refractivity contribution in [1.82, 2.24) is 4.98 Å². The van der Waals surface area contributed by atoms with Gasteiger partial charge in [0.25, 0.3) is 5.92 Å². The summed E-state index contributed by atoms with van der Waals surface area (Å²) in [6.45, 7) is 2.76. The first-order chi connectivity index (χ1) is 5.04. The predicted molar refractivity (Wildman–Crippen MR) is 41.1 cm³/mol. The molecule has 1 rings (SSSR count). The molecule has 0 bridgehead atoms. The number of hydrogen-bond donors (Lipinski definition) is 0. The van der Waals surface area contributed by atoms with E-state index < -0.39 is 5.92 Å². The van der Waals surface area contributed by atoms with Crippen LogP contribution in [0, 0.1) is 0 Å². The molecule has 4 heteroatoms. The lowest BCUT2D eigenvalue weighted by Crippen LogP contribution is -2.07. The summed E-state index contributed by atoms with van der Waals surface area (Å²) in [6, 6.07) is 0. The van der Waals surface area contributed by atoms with Crippen LogP contribution in [0.1, 0.15) is 24.5 Å². The third-order valence-electron chi connectivity index (χ3n) is 1.30. The normalized spacial score (nSPS) is 12.0. The van der Waals surface area contributed by atoms with E-state index in [1.54, 1.807) is 0 Å². The minimum absolute atomic E-state index is 0.112. The average Bonchev–Trinajstić information content (AvgIpc) is 2.32. The van der Waals surface area contributed by atoms with Crippen LogP contribution in [0.15, 0.2) is 5.38 Å². The Kier molecular flexibility index (Phi) is 2.23. The van der Waals surface area contributed by atoms with Crippen LogP contribution in [0.2, 0.25) is 0 Å². The van der Waals surface area contributed by atoms with Gasteiger partial charge in [-0.2, -0.15) is 8.78 Å². The van der Waals surface area contributed by atoms with Gasteiger partial charge in [0.2, 0.25) is 0 Å². The molecular weight excluding hydrogens is 168 g/mol.